The number of pyridine rings is 1. The van der Waals surface area contributed by atoms with Crippen LogP contribution in [0.15, 0.2) is 24.5 Å². The van der Waals surface area contributed by atoms with Gasteiger partial charge in [0.05, 0.1) is 5.92 Å². The van der Waals surface area contributed by atoms with Gasteiger partial charge in [0, 0.05) is 24.9 Å². The highest BCUT2D eigenvalue weighted by Gasteiger charge is 2.20. The molecule has 0 spiro atoms. The Kier molecular flexibility index (Phi) is 5.30. The Morgan fingerprint density at radius 2 is 1.94 bits per heavy atom. The minimum absolute atomic E-state index is 0.0710. The topological polar surface area (TPSA) is 79.3 Å². The Hall–Kier alpha value is -1.91. The van der Waals surface area contributed by atoms with Crippen LogP contribution >= 0.6 is 0 Å². The minimum Gasteiger partial charge on any atom is -0.481 e. The van der Waals surface area contributed by atoms with E-state index < -0.39 is 11.9 Å². The Morgan fingerprint density at radius 3 is 2.44 bits per heavy atom. The lowest BCUT2D eigenvalue weighted by Crippen LogP contribution is -2.30. The van der Waals surface area contributed by atoms with Crippen molar-refractivity contribution in [1.82, 2.24) is 10.3 Å². The summed E-state index contributed by atoms with van der Waals surface area (Å²) >= 11 is 0. The van der Waals surface area contributed by atoms with E-state index in [4.69, 9.17) is 5.11 Å². The molecule has 1 aromatic heterocycles. The fourth-order valence-corrected chi connectivity index (χ4v) is 1.70. The molecule has 1 aromatic rings. The van der Waals surface area contributed by atoms with Gasteiger partial charge < -0.3 is 10.4 Å². The summed E-state index contributed by atoms with van der Waals surface area (Å²) in [5.74, 6) is -1.70. The molecule has 1 amide bonds. The SMILES string of the molecule is CC(C)NC(=O)CCC(C(=O)O)c1ccncc1. The van der Waals surface area contributed by atoms with E-state index in [1.54, 1.807) is 24.5 Å². The van der Waals surface area contributed by atoms with E-state index in [0.29, 0.717) is 5.56 Å². The fraction of sp³-hybridized carbons (Fsp3) is 0.462. The van der Waals surface area contributed by atoms with Gasteiger partial charge in [0.15, 0.2) is 0 Å². The van der Waals surface area contributed by atoms with Gasteiger partial charge in [0.1, 0.15) is 0 Å². The van der Waals surface area contributed by atoms with E-state index in [-0.39, 0.29) is 24.8 Å². The van der Waals surface area contributed by atoms with E-state index in [2.05, 4.69) is 10.3 Å². The van der Waals surface area contributed by atoms with E-state index in [9.17, 15) is 9.59 Å². The maximum absolute atomic E-state index is 11.5. The van der Waals surface area contributed by atoms with Gasteiger partial charge >= 0.3 is 5.97 Å². The molecule has 0 aliphatic carbocycles. The largest absolute Gasteiger partial charge is 0.481 e. The number of rotatable bonds is 6. The molecule has 1 heterocycles. The molecular weight excluding hydrogens is 232 g/mol. The molecule has 1 unspecified atom stereocenters. The van der Waals surface area contributed by atoms with Crippen molar-refractivity contribution in [3.63, 3.8) is 0 Å². The number of hydrogen-bond donors (Lipinski definition) is 2. The van der Waals surface area contributed by atoms with Crippen molar-refractivity contribution in [2.45, 2.75) is 38.6 Å². The van der Waals surface area contributed by atoms with Crippen molar-refractivity contribution < 1.29 is 14.7 Å². The zero-order valence-corrected chi connectivity index (χ0v) is 10.6. The summed E-state index contributed by atoms with van der Waals surface area (Å²) in [7, 11) is 0. The van der Waals surface area contributed by atoms with Crippen LogP contribution in [0, 0.1) is 0 Å². The number of aromatic nitrogens is 1. The average Bonchev–Trinajstić information content (AvgIpc) is 2.29. The predicted molar refractivity (Wildman–Crippen MR) is 67.1 cm³/mol. The first-order valence-corrected chi connectivity index (χ1v) is 5.92. The van der Waals surface area contributed by atoms with Crippen molar-refractivity contribution in [3.05, 3.63) is 30.1 Å². The Labute approximate surface area is 106 Å². The third kappa shape index (κ3) is 4.53. The standard InChI is InChI=1S/C13H18N2O3/c1-9(2)15-12(16)4-3-11(13(17)18)10-5-7-14-8-6-10/h5-9,11H,3-4H2,1-2H3,(H,15,16)(H,17,18). The van der Waals surface area contributed by atoms with E-state index >= 15 is 0 Å². The van der Waals surface area contributed by atoms with Gasteiger partial charge in [-0.05, 0) is 38.0 Å². The number of carbonyl (C=O) groups is 2. The minimum atomic E-state index is -0.918. The summed E-state index contributed by atoms with van der Waals surface area (Å²) in [5, 5.41) is 11.9. The molecule has 1 rings (SSSR count). The van der Waals surface area contributed by atoms with Crippen molar-refractivity contribution in [2.24, 2.45) is 0 Å². The second-order valence-corrected chi connectivity index (χ2v) is 4.43. The van der Waals surface area contributed by atoms with Gasteiger partial charge in [-0.1, -0.05) is 0 Å². The molecule has 0 aliphatic rings. The predicted octanol–water partition coefficient (Wildman–Crippen LogP) is 1.55. The summed E-state index contributed by atoms with van der Waals surface area (Å²) in [5.41, 5.74) is 0.676. The van der Waals surface area contributed by atoms with Crippen molar-refractivity contribution >= 4 is 11.9 Å². The molecule has 5 nitrogen and oxygen atoms in total. The maximum atomic E-state index is 11.5. The molecule has 0 radical (unpaired) electrons. The second kappa shape index (κ2) is 6.74. The van der Waals surface area contributed by atoms with E-state index in [1.807, 2.05) is 13.8 Å². The number of nitrogens with zero attached hydrogens (tertiary/aromatic N) is 1. The summed E-state index contributed by atoms with van der Waals surface area (Å²) in [4.78, 5) is 26.5. The van der Waals surface area contributed by atoms with Gasteiger partial charge in [-0.3, -0.25) is 14.6 Å². The van der Waals surface area contributed by atoms with Gasteiger partial charge in [0.2, 0.25) is 5.91 Å². The zero-order valence-electron chi connectivity index (χ0n) is 10.6. The van der Waals surface area contributed by atoms with Crippen LogP contribution in [0.25, 0.3) is 0 Å². The number of amides is 1. The number of carbonyl (C=O) groups excluding carboxylic acids is 1. The van der Waals surface area contributed by atoms with Crippen LogP contribution < -0.4 is 5.32 Å². The van der Waals surface area contributed by atoms with Crippen LogP contribution in [0.3, 0.4) is 0 Å². The Bertz CT molecular complexity index is 404. The Balaban J connectivity index is 2.60. The normalized spacial score (nSPS) is 12.2. The summed E-state index contributed by atoms with van der Waals surface area (Å²) < 4.78 is 0. The van der Waals surface area contributed by atoms with Gasteiger partial charge in [-0.15, -0.1) is 0 Å². The molecule has 98 valence electrons. The van der Waals surface area contributed by atoms with Crippen LogP contribution in [-0.2, 0) is 9.59 Å². The molecule has 0 fully saturated rings. The number of carboxylic acid groups (broad SMARTS) is 1. The van der Waals surface area contributed by atoms with E-state index in [0.717, 1.165) is 0 Å². The molecule has 0 saturated heterocycles. The van der Waals surface area contributed by atoms with Crippen LogP contribution in [0.2, 0.25) is 0 Å². The fourth-order valence-electron chi connectivity index (χ4n) is 1.70. The highest BCUT2D eigenvalue weighted by Crippen LogP contribution is 2.20. The van der Waals surface area contributed by atoms with Crippen LogP contribution in [-0.4, -0.2) is 28.0 Å². The van der Waals surface area contributed by atoms with Crippen LogP contribution in [0.5, 0.6) is 0 Å². The maximum Gasteiger partial charge on any atom is 0.310 e. The first-order valence-electron chi connectivity index (χ1n) is 5.92. The van der Waals surface area contributed by atoms with Gasteiger partial charge in [-0.25, -0.2) is 0 Å². The molecule has 0 aliphatic heterocycles. The highest BCUT2D eigenvalue weighted by molar-refractivity contribution is 5.79. The van der Waals surface area contributed by atoms with Gasteiger partial charge in [-0.2, -0.15) is 0 Å². The molecule has 18 heavy (non-hydrogen) atoms. The molecule has 1 atom stereocenters. The highest BCUT2D eigenvalue weighted by atomic mass is 16.4. The van der Waals surface area contributed by atoms with E-state index in [1.165, 1.54) is 0 Å². The third-order valence-corrected chi connectivity index (χ3v) is 2.52. The molecule has 5 heteroatoms. The van der Waals surface area contributed by atoms with Gasteiger partial charge in [0.25, 0.3) is 0 Å². The lowest BCUT2D eigenvalue weighted by molar-refractivity contribution is -0.139. The molecule has 0 aromatic carbocycles. The number of hydrogen-bond acceptors (Lipinski definition) is 3. The average molecular weight is 250 g/mol. The molecule has 2 N–H and O–H groups in total. The van der Waals surface area contributed by atoms with Crippen LogP contribution in [0.4, 0.5) is 0 Å². The smallest absolute Gasteiger partial charge is 0.310 e. The van der Waals surface area contributed by atoms with Crippen molar-refractivity contribution in [3.8, 4) is 0 Å². The van der Waals surface area contributed by atoms with Crippen molar-refractivity contribution in [2.75, 3.05) is 0 Å². The summed E-state index contributed by atoms with van der Waals surface area (Å²) in [6.45, 7) is 3.74. The quantitative estimate of drug-likeness (QED) is 0.803. The molecule has 0 saturated carbocycles. The van der Waals surface area contributed by atoms with Crippen molar-refractivity contribution in [1.29, 1.82) is 0 Å². The molecule has 0 bridgehead atoms. The lowest BCUT2D eigenvalue weighted by atomic mass is 9.95. The first kappa shape index (κ1) is 14.2. The zero-order chi connectivity index (χ0) is 13.5. The number of nitrogens with one attached hydrogen (secondary N) is 1. The van der Waals surface area contributed by atoms with Crippen LogP contribution in [0.1, 0.15) is 38.2 Å². The third-order valence-electron chi connectivity index (χ3n) is 2.52. The summed E-state index contributed by atoms with van der Waals surface area (Å²) in [6, 6.07) is 3.40. The Morgan fingerprint density at radius 1 is 1.33 bits per heavy atom. The monoisotopic (exact) mass is 250 g/mol. The second-order valence-electron chi connectivity index (χ2n) is 4.43. The molecular formula is C13H18N2O3. The first-order chi connectivity index (χ1) is 8.50. The lowest BCUT2D eigenvalue weighted by Gasteiger charge is -2.13. The number of carboxylic acids is 1. The summed E-state index contributed by atoms with van der Waals surface area (Å²) in [6.07, 6.45) is 3.61. The number of aliphatic carboxylic acids is 1.